The van der Waals surface area contributed by atoms with E-state index >= 15 is 0 Å². The summed E-state index contributed by atoms with van der Waals surface area (Å²) in [6.07, 6.45) is 3.20. The number of alkyl halides is 3. The number of halogens is 3. The first kappa shape index (κ1) is 28.0. The molecule has 1 aromatic heterocycles. The van der Waals surface area contributed by atoms with E-state index in [0.29, 0.717) is 23.9 Å². The molecule has 0 fully saturated rings. The predicted octanol–water partition coefficient (Wildman–Crippen LogP) is 9.28. The number of aryl methyl sites for hydroxylation is 1. The third-order valence-electron chi connectivity index (χ3n) is 6.82. The van der Waals surface area contributed by atoms with Crippen LogP contribution < -0.4 is 10.9 Å². The van der Waals surface area contributed by atoms with Crippen LogP contribution in [0.3, 0.4) is 0 Å². The lowest BCUT2D eigenvalue weighted by Crippen LogP contribution is -2.14. The first-order chi connectivity index (χ1) is 18.5. The summed E-state index contributed by atoms with van der Waals surface area (Å²) < 4.78 is 43.5. The molecule has 3 nitrogen and oxygen atoms in total. The van der Waals surface area contributed by atoms with E-state index in [9.17, 15) is 18.0 Å². The van der Waals surface area contributed by atoms with Crippen LogP contribution in [-0.4, -0.2) is 6.54 Å². The largest absolute Gasteiger partial charge is 0.423 e. The molecule has 1 aliphatic rings. The van der Waals surface area contributed by atoms with E-state index in [0.717, 1.165) is 6.42 Å². The Morgan fingerprint density at radius 1 is 0.923 bits per heavy atom. The topological polar surface area (TPSA) is 42.2 Å². The maximum atomic E-state index is 12.9. The molecule has 0 saturated carbocycles. The summed E-state index contributed by atoms with van der Waals surface area (Å²) in [6, 6.07) is 22.7. The maximum absolute atomic E-state index is 12.9. The Morgan fingerprint density at radius 3 is 2.18 bits per heavy atom. The summed E-state index contributed by atoms with van der Waals surface area (Å²) in [5.74, 6) is 0. The van der Waals surface area contributed by atoms with Gasteiger partial charge < -0.3 is 9.73 Å². The summed E-state index contributed by atoms with van der Waals surface area (Å²) >= 11 is 0. The second-order valence-electron chi connectivity index (χ2n) is 10.2. The highest BCUT2D eigenvalue weighted by molar-refractivity contribution is 5.85. The number of allylic oxidation sites excluding steroid dienone is 4. The molecule has 202 valence electrons. The molecule has 1 N–H and O–H groups in total. The highest BCUT2D eigenvalue weighted by Gasteiger charge is 2.34. The van der Waals surface area contributed by atoms with E-state index in [1.807, 2.05) is 6.92 Å². The van der Waals surface area contributed by atoms with Gasteiger partial charge in [0.25, 0.3) is 0 Å². The summed E-state index contributed by atoms with van der Waals surface area (Å²) in [7, 11) is 0. The lowest BCUT2D eigenvalue weighted by Gasteiger charge is -2.29. The van der Waals surface area contributed by atoms with Crippen molar-refractivity contribution in [2.24, 2.45) is 5.41 Å². The fraction of sp³-hybridized carbons (Fsp3) is 0.242. The van der Waals surface area contributed by atoms with Crippen LogP contribution in [0.4, 0.5) is 18.9 Å². The van der Waals surface area contributed by atoms with E-state index < -0.39 is 17.4 Å². The molecule has 0 bridgehead atoms. The molecule has 0 radical (unpaired) electrons. The Bertz CT molecular complexity index is 1560. The Labute approximate surface area is 226 Å². The molecule has 6 heteroatoms. The number of rotatable bonds is 4. The number of fused-ring (bicyclic) bond motifs is 1. The molecule has 1 aliphatic carbocycles. The minimum atomic E-state index is -4.58. The van der Waals surface area contributed by atoms with Crippen molar-refractivity contribution in [3.8, 4) is 11.1 Å². The summed E-state index contributed by atoms with van der Waals surface area (Å²) in [5, 5.41) is 2.90. The van der Waals surface area contributed by atoms with E-state index in [-0.39, 0.29) is 16.4 Å². The van der Waals surface area contributed by atoms with Crippen molar-refractivity contribution in [2.75, 3.05) is 11.9 Å². The van der Waals surface area contributed by atoms with E-state index in [1.165, 1.54) is 34.4 Å². The number of hydrogen-bond donors (Lipinski definition) is 1. The van der Waals surface area contributed by atoms with Crippen molar-refractivity contribution in [1.82, 2.24) is 0 Å². The molecule has 0 atom stereocenters. The highest BCUT2D eigenvalue weighted by atomic mass is 19.4. The zero-order valence-corrected chi connectivity index (χ0v) is 22.5. The normalized spacial score (nSPS) is 14.4. The van der Waals surface area contributed by atoms with Gasteiger partial charge in [0.1, 0.15) is 5.58 Å². The molecular formula is C33H32F3NO2. The molecule has 5 rings (SSSR count). The average Bonchev–Trinajstić information content (AvgIpc) is 2.89. The van der Waals surface area contributed by atoms with Gasteiger partial charge in [0.05, 0.1) is 5.56 Å². The fourth-order valence-corrected chi connectivity index (χ4v) is 4.75. The standard InChI is InChI=1S/C20H20.C13H12F3NO2/c1-20(2)15-7-6-10-19(20)18-13-11-17(12-14-18)16-8-4-3-5-9-16;1-3-17-10-6-11-8(4-7(10)2)9(13(14,15)16)5-12(18)19-11/h3-14H,15H2,1-2H3;4-6,17H,3H2,1-2H3. The van der Waals surface area contributed by atoms with Crippen molar-refractivity contribution in [2.45, 2.75) is 40.3 Å². The van der Waals surface area contributed by atoms with Crippen LogP contribution in [0.25, 0.3) is 27.7 Å². The highest BCUT2D eigenvalue weighted by Crippen LogP contribution is 2.40. The molecule has 3 aromatic carbocycles. The monoisotopic (exact) mass is 531 g/mol. The number of nitrogens with one attached hydrogen (secondary N) is 1. The molecular weight excluding hydrogens is 499 g/mol. The molecule has 0 unspecified atom stereocenters. The van der Waals surface area contributed by atoms with Crippen LogP contribution in [0.15, 0.2) is 100 Å². The quantitative estimate of drug-likeness (QED) is 0.267. The Balaban J connectivity index is 0.000000181. The van der Waals surface area contributed by atoms with Crippen LogP contribution in [-0.2, 0) is 6.18 Å². The average molecular weight is 532 g/mol. The third kappa shape index (κ3) is 6.51. The van der Waals surface area contributed by atoms with Crippen LogP contribution >= 0.6 is 0 Å². The van der Waals surface area contributed by atoms with Crippen LogP contribution in [0.1, 0.15) is 43.9 Å². The van der Waals surface area contributed by atoms with E-state index in [1.54, 1.807) is 6.92 Å². The Morgan fingerprint density at radius 2 is 1.56 bits per heavy atom. The summed E-state index contributed by atoms with van der Waals surface area (Å²) in [6.45, 7) is 8.81. The smallest absolute Gasteiger partial charge is 0.417 e. The van der Waals surface area contributed by atoms with Gasteiger partial charge in [-0.15, -0.1) is 0 Å². The minimum Gasteiger partial charge on any atom is -0.423 e. The summed E-state index contributed by atoms with van der Waals surface area (Å²) in [4.78, 5) is 11.2. The summed E-state index contributed by atoms with van der Waals surface area (Å²) in [5.41, 5.74) is 4.81. The minimum absolute atomic E-state index is 0.0682. The van der Waals surface area contributed by atoms with Gasteiger partial charge in [-0.1, -0.05) is 86.7 Å². The second-order valence-corrected chi connectivity index (χ2v) is 10.2. The molecule has 0 saturated heterocycles. The van der Waals surface area contributed by atoms with Gasteiger partial charge in [0.15, 0.2) is 0 Å². The Hall–Kier alpha value is -4.06. The van der Waals surface area contributed by atoms with Gasteiger partial charge >= 0.3 is 11.8 Å². The predicted molar refractivity (Wildman–Crippen MR) is 154 cm³/mol. The van der Waals surface area contributed by atoms with E-state index in [4.69, 9.17) is 4.42 Å². The van der Waals surface area contributed by atoms with Crippen molar-refractivity contribution in [3.63, 3.8) is 0 Å². The zero-order chi connectivity index (χ0) is 28.2. The zero-order valence-electron chi connectivity index (χ0n) is 22.5. The van der Waals surface area contributed by atoms with Gasteiger partial charge in [-0.3, -0.25) is 0 Å². The first-order valence-corrected chi connectivity index (χ1v) is 12.9. The molecule has 39 heavy (non-hydrogen) atoms. The number of hydrogen-bond acceptors (Lipinski definition) is 3. The third-order valence-corrected chi connectivity index (χ3v) is 6.82. The van der Waals surface area contributed by atoms with Gasteiger partial charge in [-0.05, 0) is 59.6 Å². The molecule has 0 amide bonds. The fourth-order valence-electron chi connectivity index (χ4n) is 4.75. The van der Waals surface area contributed by atoms with Crippen LogP contribution in [0.2, 0.25) is 0 Å². The number of anilines is 1. The molecule has 0 spiro atoms. The van der Waals surface area contributed by atoms with Crippen molar-refractivity contribution in [3.05, 3.63) is 118 Å². The van der Waals surface area contributed by atoms with Crippen molar-refractivity contribution in [1.29, 1.82) is 0 Å². The molecule has 1 heterocycles. The Kier molecular flexibility index (Phi) is 8.14. The second kappa shape index (κ2) is 11.4. The molecule has 4 aromatic rings. The van der Waals surface area contributed by atoms with Gasteiger partial charge in [0.2, 0.25) is 0 Å². The lowest BCUT2D eigenvalue weighted by atomic mass is 9.75. The van der Waals surface area contributed by atoms with Gasteiger partial charge in [-0.2, -0.15) is 13.2 Å². The first-order valence-electron chi connectivity index (χ1n) is 12.9. The maximum Gasteiger partial charge on any atom is 0.417 e. The van der Waals surface area contributed by atoms with Gasteiger partial charge in [0, 0.05) is 29.8 Å². The van der Waals surface area contributed by atoms with E-state index in [2.05, 4.69) is 92.0 Å². The molecule has 0 aliphatic heterocycles. The van der Waals surface area contributed by atoms with Gasteiger partial charge in [-0.25, -0.2) is 4.79 Å². The SMILES string of the molecule is CC1(C)CC=CC=C1c1ccc(-c2ccccc2)cc1.CCNc1cc2oc(=O)cc(C(F)(F)F)c2cc1C. The van der Waals surface area contributed by atoms with Crippen molar-refractivity contribution < 1.29 is 17.6 Å². The van der Waals surface area contributed by atoms with Crippen molar-refractivity contribution >= 4 is 22.2 Å². The van der Waals surface area contributed by atoms with Crippen LogP contribution in [0, 0.1) is 12.3 Å². The lowest BCUT2D eigenvalue weighted by molar-refractivity contribution is -0.136. The number of benzene rings is 3. The van der Waals surface area contributed by atoms with Crippen LogP contribution in [0.5, 0.6) is 0 Å².